The molecule has 0 saturated heterocycles. The van der Waals surface area contributed by atoms with Crippen LogP contribution in [-0.4, -0.2) is 38.0 Å². The number of rotatable bonds is 7. The molecule has 0 fully saturated rings. The van der Waals surface area contributed by atoms with Crippen LogP contribution in [0.4, 0.5) is 0 Å². The predicted molar refractivity (Wildman–Crippen MR) is 84.8 cm³/mol. The molecule has 120 valence electrons. The lowest BCUT2D eigenvalue weighted by atomic mass is 9.84. The van der Waals surface area contributed by atoms with Gasteiger partial charge in [-0.1, -0.05) is 20.8 Å². The molecule has 0 aromatic carbocycles. The molecule has 1 rings (SSSR count). The number of furan rings is 1. The van der Waals surface area contributed by atoms with Crippen molar-refractivity contribution < 1.29 is 9.21 Å². The Hall–Kier alpha value is -1.33. The van der Waals surface area contributed by atoms with Gasteiger partial charge in [-0.15, -0.1) is 0 Å². The molecule has 1 aromatic heterocycles. The zero-order chi connectivity index (χ0) is 16.0. The van der Waals surface area contributed by atoms with Gasteiger partial charge in [0.05, 0.1) is 18.2 Å². The van der Waals surface area contributed by atoms with Gasteiger partial charge in [-0.05, 0) is 38.1 Å². The van der Waals surface area contributed by atoms with E-state index >= 15 is 0 Å². The normalized spacial score (nSPS) is 15.0. The molecule has 0 aliphatic rings. The van der Waals surface area contributed by atoms with Crippen LogP contribution in [0.1, 0.15) is 39.0 Å². The Morgan fingerprint density at radius 3 is 2.52 bits per heavy atom. The average molecular weight is 295 g/mol. The second kappa shape index (κ2) is 7.61. The monoisotopic (exact) mass is 295 g/mol. The number of nitrogens with one attached hydrogen (secondary N) is 1. The molecular weight excluding hydrogens is 266 g/mol. The van der Waals surface area contributed by atoms with E-state index in [0.29, 0.717) is 13.1 Å². The van der Waals surface area contributed by atoms with Gasteiger partial charge in [0, 0.05) is 13.1 Å². The third-order valence-electron chi connectivity index (χ3n) is 3.48. The summed E-state index contributed by atoms with van der Waals surface area (Å²) in [7, 11) is 3.93. The van der Waals surface area contributed by atoms with Crippen molar-refractivity contribution in [1.29, 1.82) is 0 Å². The highest BCUT2D eigenvalue weighted by molar-refractivity contribution is 5.78. The molecule has 0 spiro atoms. The van der Waals surface area contributed by atoms with Crippen LogP contribution < -0.4 is 11.1 Å². The average Bonchev–Trinajstić information content (AvgIpc) is 2.88. The van der Waals surface area contributed by atoms with Crippen LogP contribution in [0.2, 0.25) is 0 Å². The third-order valence-corrected chi connectivity index (χ3v) is 3.48. The number of likely N-dealkylation sites (N-methyl/N-ethyl adjacent to an activating group) is 1. The summed E-state index contributed by atoms with van der Waals surface area (Å²) < 4.78 is 5.44. The van der Waals surface area contributed by atoms with Crippen LogP contribution >= 0.6 is 0 Å². The zero-order valence-electron chi connectivity index (χ0n) is 13.8. The lowest BCUT2D eigenvalue weighted by Crippen LogP contribution is -2.41. The van der Waals surface area contributed by atoms with Crippen LogP contribution in [0.3, 0.4) is 0 Å². The first-order valence-corrected chi connectivity index (χ1v) is 7.42. The Kier molecular flexibility index (Phi) is 6.42. The summed E-state index contributed by atoms with van der Waals surface area (Å²) in [6.07, 6.45) is 2.43. The van der Waals surface area contributed by atoms with Crippen LogP contribution in [0, 0.1) is 11.3 Å². The first-order valence-electron chi connectivity index (χ1n) is 7.42. The van der Waals surface area contributed by atoms with E-state index < -0.39 is 0 Å². The fourth-order valence-electron chi connectivity index (χ4n) is 2.38. The van der Waals surface area contributed by atoms with Gasteiger partial charge in [-0.3, -0.25) is 9.69 Å². The summed E-state index contributed by atoms with van der Waals surface area (Å²) in [6.45, 7) is 7.24. The second-order valence-electron chi connectivity index (χ2n) is 6.94. The number of amides is 1. The van der Waals surface area contributed by atoms with Gasteiger partial charge in [-0.25, -0.2) is 0 Å². The summed E-state index contributed by atoms with van der Waals surface area (Å²) in [4.78, 5) is 14.3. The lowest BCUT2D eigenvalue weighted by Gasteiger charge is -2.26. The fourth-order valence-corrected chi connectivity index (χ4v) is 2.38. The van der Waals surface area contributed by atoms with Gasteiger partial charge < -0.3 is 15.5 Å². The predicted octanol–water partition coefficient (Wildman–Crippen LogP) is 2.01. The SMILES string of the molecule is CN(C)C(CNC(=O)C(CN)CC(C)(C)C)c1ccco1. The van der Waals surface area contributed by atoms with Crippen molar-refractivity contribution in [2.45, 2.75) is 33.2 Å². The summed E-state index contributed by atoms with van der Waals surface area (Å²) in [5.41, 5.74) is 5.84. The molecule has 5 heteroatoms. The second-order valence-corrected chi connectivity index (χ2v) is 6.94. The van der Waals surface area contributed by atoms with E-state index in [1.165, 1.54) is 0 Å². The highest BCUT2D eigenvalue weighted by Gasteiger charge is 2.25. The topological polar surface area (TPSA) is 71.5 Å². The molecular formula is C16H29N3O2. The van der Waals surface area contributed by atoms with Crippen molar-refractivity contribution in [3.05, 3.63) is 24.2 Å². The molecule has 1 aromatic rings. The molecule has 2 unspecified atom stereocenters. The molecule has 1 heterocycles. The van der Waals surface area contributed by atoms with Gasteiger partial charge in [-0.2, -0.15) is 0 Å². The van der Waals surface area contributed by atoms with Crippen molar-refractivity contribution in [3.8, 4) is 0 Å². The summed E-state index contributed by atoms with van der Waals surface area (Å²) in [5, 5.41) is 3.01. The largest absolute Gasteiger partial charge is 0.468 e. The van der Waals surface area contributed by atoms with E-state index in [0.717, 1.165) is 12.2 Å². The van der Waals surface area contributed by atoms with Gasteiger partial charge in [0.25, 0.3) is 0 Å². The van der Waals surface area contributed by atoms with Gasteiger partial charge >= 0.3 is 0 Å². The van der Waals surface area contributed by atoms with Crippen LogP contribution in [0.15, 0.2) is 22.8 Å². The number of carbonyl (C=O) groups is 1. The minimum absolute atomic E-state index is 0.0193. The van der Waals surface area contributed by atoms with E-state index in [2.05, 4.69) is 26.1 Å². The molecule has 3 N–H and O–H groups in total. The van der Waals surface area contributed by atoms with Crippen molar-refractivity contribution in [2.75, 3.05) is 27.2 Å². The highest BCUT2D eigenvalue weighted by atomic mass is 16.3. The minimum atomic E-state index is -0.149. The van der Waals surface area contributed by atoms with Crippen molar-refractivity contribution in [1.82, 2.24) is 10.2 Å². The molecule has 0 saturated carbocycles. The maximum Gasteiger partial charge on any atom is 0.224 e. The fraction of sp³-hybridized carbons (Fsp3) is 0.688. The molecule has 5 nitrogen and oxygen atoms in total. The van der Waals surface area contributed by atoms with Gasteiger partial charge in [0.2, 0.25) is 5.91 Å². The Bertz CT molecular complexity index is 421. The standard InChI is InChI=1S/C16H29N3O2/c1-16(2,3)9-12(10-17)15(20)18-11-13(19(4)5)14-7-6-8-21-14/h6-8,12-13H,9-11,17H2,1-5H3,(H,18,20). The molecule has 21 heavy (non-hydrogen) atoms. The lowest BCUT2D eigenvalue weighted by molar-refractivity contribution is -0.125. The van der Waals surface area contributed by atoms with Crippen molar-refractivity contribution in [2.24, 2.45) is 17.1 Å². The first kappa shape index (κ1) is 17.7. The number of nitrogens with two attached hydrogens (primary N) is 1. The number of hydrogen-bond acceptors (Lipinski definition) is 4. The van der Waals surface area contributed by atoms with Crippen LogP contribution in [0.5, 0.6) is 0 Å². The Labute approximate surface area is 127 Å². The smallest absolute Gasteiger partial charge is 0.224 e. The van der Waals surface area contributed by atoms with E-state index in [1.54, 1.807) is 6.26 Å². The maximum atomic E-state index is 12.3. The third kappa shape index (κ3) is 5.89. The Morgan fingerprint density at radius 1 is 1.43 bits per heavy atom. The molecule has 2 atom stereocenters. The highest BCUT2D eigenvalue weighted by Crippen LogP contribution is 2.24. The summed E-state index contributed by atoms with van der Waals surface area (Å²) in [6, 6.07) is 3.81. The van der Waals surface area contributed by atoms with E-state index in [9.17, 15) is 4.79 Å². The minimum Gasteiger partial charge on any atom is -0.468 e. The van der Waals surface area contributed by atoms with E-state index in [1.807, 2.05) is 31.1 Å². The van der Waals surface area contributed by atoms with Gasteiger partial charge in [0.1, 0.15) is 5.76 Å². The molecule has 0 radical (unpaired) electrons. The van der Waals surface area contributed by atoms with Crippen molar-refractivity contribution in [3.63, 3.8) is 0 Å². The number of hydrogen-bond donors (Lipinski definition) is 2. The molecule has 0 aliphatic heterocycles. The number of nitrogens with zero attached hydrogens (tertiary/aromatic N) is 1. The van der Waals surface area contributed by atoms with Gasteiger partial charge in [0.15, 0.2) is 0 Å². The number of carbonyl (C=O) groups excluding carboxylic acids is 1. The Morgan fingerprint density at radius 2 is 2.10 bits per heavy atom. The van der Waals surface area contributed by atoms with E-state index in [4.69, 9.17) is 10.2 Å². The zero-order valence-corrected chi connectivity index (χ0v) is 13.8. The summed E-state index contributed by atoms with van der Waals surface area (Å²) in [5.74, 6) is 0.718. The molecule has 0 aliphatic carbocycles. The van der Waals surface area contributed by atoms with Crippen LogP contribution in [0.25, 0.3) is 0 Å². The maximum absolute atomic E-state index is 12.3. The van der Waals surface area contributed by atoms with E-state index in [-0.39, 0.29) is 23.3 Å². The van der Waals surface area contributed by atoms with Crippen molar-refractivity contribution >= 4 is 5.91 Å². The van der Waals surface area contributed by atoms with Crippen LogP contribution in [-0.2, 0) is 4.79 Å². The molecule has 0 bridgehead atoms. The summed E-state index contributed by atoms with van der Waals surface area (Å²) >= 11 is 0. The quantitative estimate of drug-likeness (QED) is 0.807. The first-order chi connectivity index (χ1) is 9.74. The Balaban J connectivity index is 2.60. The molecule has 1 amide bonds.